The molecule has 1 aliphatic carbocycles. The first-order valence-electron chi connectivity index (χ1n) is 5.84. The molecular weight excluding hydrogens is 192 g/mol. The Balaban J connectivity index is 1.85. The first-order valence-corrected chi connectivity index (χ1v) is 5.84. The predicted molar refractivity (Wildman–Crippen MR) is 57.8 cm³/mol. The van der Waals surface area contributed by atoms with Gasteiger partial charge in [0.1, 0.15) is 0 Å². The fraction of sp³-hybridized carbons (Fsp3) is 0.909. The molecule has 86 valence electrons. The van der Waals surface area contributed by atoms with Crippen molar-refractivity contribution >= 4 is 6.03 Å². The van der Waals surface area contributed by atoms with Crippen molar-refractivity contribution in [3.63, 3.8) is 0 Å². The average molecular weight is 212 g/mol. The average Bonchev–Trinajstić information content (AvgIpc) is 2.66. The Hall–Kier alpha value is -0.770. The van der Waals surface area contributed by atoms with Crippen LogP contribution in [0.25, 0.3) is 0 Å². The molecule has 2 aliphatic rings. The van der Waals surface area contributed by atoms with Crippen molar-refractivity contribution in [2.45, 2.75) is 38.1 Å². The highest BCUT2D eigenvalue weighted by Crippen LogP contribution is 2.28. The standard InChI is InChI=1S/C11H20N2O2/c1-11(4-2-3-5-11)12-10(14)13-6-8-15-9-7-13/h2-9H2,1H3,(H,12,14). The zero-order valence-electron chi connectivity index (χ0n) is 9.42. The van der Waals surface area contributed by atoms with Gasteiger partial charge in [-0.3, -0.25) is 0 Å². The minimum absolute atomic E-state index is 0.0371. The van der Waals surface area contributed by atoms with Crippen molar-refractivity contribution in [1.82, 2.24) is 10.2 Å². The van der Waals surface area contributed by atoms with Crippen LogP contribution in [0.5, 0.6) is 0 Å². The topological polar surface area (TPSA) is 41.6 Å². The van der Waals surface area contributed by atoms with E-state index in [1.807, 2.05) is 4.90 Å². The molecule has 0 unspecified atom stereocenters. The smallest absolute Gasteiger partial charge is 0.317 e. The monoisotopic (exact) mass is 212 g/mol. The Bertz CT molecular complexity index is 231. The number of ether oxygens (including phenoxy) is 1. The Morgan fingerprint density at radius 2 is 1.87 bits per heavy atom. The van der Waals surface area contributed by atoms with Gasteiger partial charge in [0.25, 0.3) is 0 Å². The molecule has 4 heteroatoms. The van der Waals surface area contributed by atoms with Gasteiger partial charge in [0.05, 0.1) is 13.2 Å². The number of hydrogen-bond donors (Lipinski definition) is 1. The molecule has 0 aromatic rings. The zero-order chi connectivity index (χ0) is 10.7. The molecule has 0 aromatic heterocycles. The summed E-state index contributed by atoms with van der Waals surface area (Å²) >= 11 is 0. The highest BCUT2D eigenvalue weighted by molar-refractivity contribution is 5.75. The molecule has 15 heavy (non-hydrogen) atoms. The number of carbonyl (C=O) groups is 1. The molecule has 0 spiro atoms. The number of urea groups is 1. The van der Waals surface area contributed by atoms with E-state index in [4.69, 9.17) is 4.74 Å². The van der Waals surface area contributed by atoms with Gasteiger partial charge in [-0.15, -0.1) is 0 Å². The number of carbonyl (C=O) groups excluding carboxylic acids is 1. The molecule has 2 rings (SSSR count). The number of morpholine rings is 1. The summed E-state index contributed by atoms with van der Waals surface area (Å²) < 4.78 is 5.22. The lowest BCUT2D eigenvalue weighted by molar-refractivity contribution is 0.0512. The van der Waals surface area contributed by atoms with Crippen molar-refractivity contribution in [2.24, 2.45) is 0 Å². The Labute approximate surface area is 91.0 Å². The molecule has 2 fully saturated rings. The van der Waals surface area contributed by atoms with Crippen LogP contribution in [-0.4, -0.2) is 42.8 Å². The first kappa shape index (κ1) is 10.7. The van der Waals surface area contributed by atoms with Crippen LogP contribution in [0, 0.1) is 0 Å². The molecule has 1 N–H and O–H groups in total. The van der Waals surface area contributed by atoms with E-state index in [9.17, 15) is 4.79 Å². The number of nitrogens with zero attached hydrogens (tertiary/aromatic N) is 1. The maximum absolute atomic E-state index is 11.9. The van der Waals surface area contributed by atoms with Gasteiger partial charge in [-0.1, -0.05) is 12.8 Å². The van der Waals surface area contributed by atoms with Crippen molar-refractivity contribution in [2.75, 3.05) is 26.3 Å². The molecule has 2 amide bonds. The number of amides is 2. The molecular formula is C11H20N2O2. The van der Waals surface area contributed by atoms with E-state index >= 15 is 0 Å². The van der Waals surface area contributed by atoms with Gasteiger partial charge in [-0.05, 0) is 19.8 Å². The SMILES string of the molecule is CC1(NC(=O)N2CCOCC2)CCCC1. The maximum Gasteiger partial charge on any atom is 0.317 e. The van der Waals surface area contributed by atoms with E-state index in [0.29, 0.717) is 13.2 Å². The number of hydrogen-bond acceptors (Lipinski definition) is 2. The molecule has 4 nitrogen and oxygen atoms in total. The Morgan fingerprint density at radius 3 is 2.47 bits per heavy atom. The minimum atomic E-state index is 0.0371. The second kappa shape index (κ2) is 4.39. The summed E-state index contributed by atoms with van der Waals surface area (Å²) in [5.74, 6) is 0. The normalized spacial score (nSPS) is 25.3. The molecule has 0 aromatic carbocycles. The Morgan fingerprint density at radius 1 is 1.27 bits per heavy atom. The lowest BCUT2D eigenvalue weighted by Crippen LogP contribution is -2.53. The largest absolute Gasteiger partial charge is 0.378 e. The lowest BCUT2D eigenvalue weighted by atomic mass is 10.0. The van der Waals surface area contributed by atoms with Gasteiger partial charge in [-0.25, -0.2) is 4.79 Å². The van der Waals surface area contributed by atoms with Crippen LogP contribution in [-0.2, 0) is 4.74 Å². The van der Waals surface area contributed by atoms with Crippen LogP contribution in [0.15, 0.2) is 0 Å². The van der Waals surface area contributed by atoms with Crippen LogP contribution in [0.1, 0.15) is 32.6 Å². The van der Waals surface area contributed by atoms with Crippen LogP contribution in [0.2, 0.25) is 0 Å². The van der Waals surface area contributed by atoms with E-state index in [0.717, 1.165) is 25.9 Å². The lowest BCUT2D eigenvalue weighted by Gasteiger charge is -2.32. The van der Waals surface area contributed by atoms with E-state index in [2.05, 4.69) is 12.2 Å². The van der Waals surface area contributed by atoms with E-state index < -0.39 is 0 Å². The summed E-state index contributed by atoms with van der Waals surface area (Å²) in [4.78, 5) is 13.8. The van der Waals surface area contributed by atoms with Crippen molar-refractivity contribution in [3.8, 4) is 0 Å². The van der Waals surface area contributed by atoms with Crippen molar-refractivity contribution in [1.29, 1.82) is 0 Å². The summed E-state index contributed by atoms with van der Waals surface area (Å²) in [5, 5.41) is 3.16. The third kappa shape index (κ3) is 2.62. The van der Waals surface area contributed by atoms with Gasteiger partial charge >= 0.3 is 6.03 Å². The first-order chi connectivity index (χ1) is 7.20. The van der Waals surface area contributed by atoms with Crippen LogP contribution >= 0.6 is 0 Å². The van der Waals surface area contributed by atoms with Gasteiger partial charge in [0.2, 0.25) is 0 Å². The molecule has 0 atom stereocenters. The minimum Gasteiger partial charge on any atom is -0.378 e. The van der Waals surface area contributed by atoms with Crippen molar-refractivity contribution < 1.29 is 9.53 Å². The summed E-state index contributed by atoms with van der Waals surface area (Å²) in [6, 6.07) is 0.0858. The highest BCUT2D eigenvalue weighted by atomic mass is 16.5. The third-order valence-corrected chi connectivity index (χ3v) is 3.41. The highest BCUT2D eigenvalue weighted by Gasteiger charge is 2.31. The zero-order valence-corrected chi connectivity index (χ0v) is 9.42. The molecule has 1 heterocycles. The summed E-state index contributed by atoms with van der Waals surface area (Å²) in [6.45, 7) is 4.94. The van der Waals surface area contributed by atoms with Crippen molar-refractivity contribution in [3.05, 3.63) is 0 Å². The van der Waals surface area contributed by atoms with Gasteiger partial charge in [0, 0.05) is 18.6 Å². The maximum atomic E-state index is 11.9. The fourth-order valence-electron chi connectivity index (χ4n) is 2.38. The predicted octanol–water partition coefficient (Wildman–Crippen LogP) is 1.36. The van der Waals surface area contributed by atoms with E-state index in [-0.39, 0.29) is 11.6 Å². The fourth-order valence-corrected chi connectivity index (χ4v) is 2.38. The molecule has 0 bridgehead atoms. The second-order valence-corrected chi connectivity index (χ2v) is 4.80. The van der Waals surface area contributed by atoms with Crippen LogP contribution in [0.4, 0.5) is 4.79 Å². The van der Waals surface area contributed by atoms with E-state index in [1.54, 1.807) is 0 Å². The molecule has 1 aliphatic heterocycles. The summed E-state index contributed by atoms with van der Waals surface area (Å²) in [6.07, 6.45) is 4.70. The van der Waals surface area contributed by atoms with Crippen LogP contribution in [0.3, 0.4) is 0 Å². The quantitative estimate of drug-likeness (QED) is 0.713. The number of nitrogens with one attached hydrogen (secondary N) is 1. The number of rotatable bonds is 1. The third-order valence-electron chi connectivity index (χ3n) is 3.41. The van der Waals surface area contributed by atoms with Gasteiger partial charge < -0.3 is 15.0 Å². The Kier molecular flexibility index (Phi) is 3.14. The molecule has 1 saturated carbocycles. The summed E-state index contributed by atoms with van der Waals surface area (Å²) in [5.41, 5.74) is 0.0371. The molecule has 1 saturated heterocycles. The van der Waals surface area contributed by atoms with Gasteiger partial charge in [0.15, 0.2) is 0 Å². The summed E-state index contributed by atoms with van der Waals surface area (Å²) in [7, 11) is 0. The van der Waals surface area contributed by atoms with E-state index in [1.165, 1.54) is 12.8 Å². The second-order valence-electron chi connectivity index (χ2n) is 4.80. The van der Waals surface area contributed by atoms with Gasteiger partial charge in [-0.2, -0.15) is 0 Å². The molecule has 0 radical (unpaired) electrons. The van der Waals surface area contributed by atoms with Crippen LogP contribution < -0.4 is 5.32 Å².